The van der Waals surface area contributed by atoms with Crippen molar-refractivity contribution in [1.29, 1.82) is 0 Å². The molecule has 3 aromatic rings. The first-order chi connectivity index (χ1) is 36.1. The summed E-state index contributed by atoms with van der Waals surface area (Å²) >= 11 is 6.44. The molecule has 1 unspecified atom stereocenters. The van der Waals surface area contributed by atoms with E-state index in [1.54, 1.807) is 17.0 Å². The summed E-state index contributed by atoms with van der Waals surface area (Å²) in [6.07, 6.45) is 6.06. The molecule has 4 aliphatic carbocycles. The van der Waals surface area contributed by atoms with Gasteiger partial charge in [0.1, 0.15) is 17.6 Å². The Bertz CT molecular complexity index is 2860. The van der Waals surface area contributed by atoms with Crippen molar-refractivity contribution in [3.63, 3.8) is 0 Å². The zero-order chi connectivity index (χ0) is 53.3. The van der Waals surface area contributed by atoms with E-state index < -0.39 is 64.0 Å². The van der Waals surface area contributed by atoms with Gasteiger partial charge in [0.15, 0.2) is 0 Å². The summed E-state index contributed by atoms with van der Waals surface area (Å²) in [5, 5.41) is 12.6. The van der Waals surface area contributed by atoms with E-state index in [0.29, 0.717) is 93.6 Å². The Morgan fingerprint density at radius 1 is 0.895 bits per heavy atom. The van der Waals surface area contributed by atoms with Crippen molar-refractivity contribution in [1.82, 2.24) is 35.6 Å². The lowest BCUT2D eigenvalue weighted by Crippen LogP contribution is -2.64. The summed E-state index contributed by atoms with van der Waals surface area (Å²) in [5.41, 5.74) is 0.534. The number of carbonyl (C=O) groups excluding carboxylic acids is 5. The maximum atomic E-state index is 16.4. The maximum absolute atomic E-state index is 16.4. The van der Waals surface area contributed by atoms with Crippen molar-refractivity contribution < 1.29 is 41.5 Å². The quantitative estimate of drug-likeness (QED) is 0.130. The largest absolute Gasteiger partial charge is 0.433 e. The molecule has 2 bridgehead atoms. The lowest BCUT2D eigenvalue weighted by molar-refractivity contribution is -0.153. The van der Waals surface area contributed by atoms with Crippen molar-refractivity contribution in [2.45, 2.75) is 158 Å². The topological polar surface area (TPSA) is 159 Å². The smallest absolute Gasteiger partial charge is 0.384 e. The van der Waals surface area contributed by atoms with Crippen LogP contribution in [0.15, 0.2) is 48.7 Å². The molecule has 6 aliphatic heterocycles. The van der Waals surface area contributed by atoms with Crippen molar-refractivity contribution in [3.8, 4) is 0 Å². The average molecular weight is 1070 g/mol. The second-order valence-electron chi connectivity index (χ2n) is 25.3. The number of amides is 5. The highest BCUT2D eigenvalue weighted by atomic mass is 35.5. The lowest BCUT2D eigenvalue weighted by Gasteiger charge is -2.57. The molecule has 2 aromatic carbocycles. The van der Waals surface area contributed by atoms with Crippen LogP contribution in [0.3, 0.4) is 0 Å². The molecule has 13 rings (SSSR count). The molecule has 8 fully saturated rings. The number of hydrogen-bond acceptors (Lipinski definition) is 10. The molecule has 14 nitrogen and oxygen atoms in total. The second kappa shape index (κ2) is 18.4. The van der Waals surface area contributed by atoms with Crippen LogP contribution in [0, 0.1) is 22.1 Å². The third-order valence-electron chi connectivity index (χ3n) is 19.8. The van der Waals surface area contributed by atoms with E-state index in [9.17, 15) is 32.3 Å². The monoisotopic (exact) mass is 1070 g/mol. The van der Waals surface area contributed by atoms with Crippen molar-refractivity contribution in [2.75, 3.05) is 56.0 Å². The number of aromatic nitrogens is 1. The van der Waals surface area contributed by atoms with Gasteiger partial charge in [0.25, 0.3) is 5.91 Å². The first-order valence-electron chi connectivity index (χ1n) is 27.5. The van der Waals surface area contributed by atoms with Gasteiger partial charge in [0, 0.05) is 122 Å². The van der Waals surface area contributed by atoms with E-state index in [1.165, 1.54) is 12.3 Å². The molecule has 4 saturated heterocycles. The number of nitrogens with zero attached hydrogens (tertiary/aromatic N) is 5. The summed E-state index contributed by atoms with van der Waals surface area (Å²) in [6.45, 7) is 11.7. The van der Waals surface area contributed by atoms with Gasteiger partial charge in [0.05, 0.1) is 11.1 Å². The number of hydrogen-bond donors (Lipinski definition) is 4. The van der Waals surface area contributed by atoms with Gasteiger partial charge in [-0.15, -0.1) is 0 Å². The fraction of sp³-hybridized carbons (Fsp3) is 0.614. The Balaban J connectivity index is 0.657. The molecule has 0 radical (unpaired) electrons. The van der Waals surface area contributed by atoms with Crippen LogP contribution < -0.4 is 26.2 Å². The van der Waals surface area contributed by atoms with Gasteiger partial charge in [-0.2, -0.15) is 13.2 Å². The zero-order valence-electron chi connectivity index (χ0n) is 43.5. The number of rotatable bonds is 8. The van der Waals surface area contributed by atoms with Gasteiger partial charge < -0.3 is 30.7 Å². The standard InChI is InChI=1S/C57H68ClF4N9O5/c1-52(2,3)29-43-56(32-64-40-26-42(57(60,61)62)63-30-38(40)56)45(37-5-4-6-39(58)46(37)59)47(65-43)49(74)67-55-14-11-54(12-15-55,13-16-55)51(76)70-23-21-69(22-24-70)35-27-53(28-35)17-19-68(20-18-53)34-7-8-36-33(25-34)31-71(50(36)75)41-9-10-44(72)66-48(41)73/h4-8,25-26,30,35,41,43,45,47,64-65H,9-24,27-29,31-32H2,1-3H3,(H,67,74)(H,66,72,73)/t41?,43-,45-,47+,54?,55?,56-/m0/s1. The molecule has 1 aromatic heterocycles. The Labute approximate surface area is 445 Å². The lowest BCUT2D eigenvalue weighted by atomic mass is 9.56. The van der Waals surface area contributed by atoms with E-state index in [2.05, 4.69) is 67.8 Å². The average Bonchev–Trinajstić information content (AvgIpc) is 4.13. The SMILES string of the molecule is CC(C)(C)C[C@@H]1N[C@@H](C(=O)NC23CCC(C(=O)N4CCN(C5CC6(CCN(c7ccc8c(c7)CN(C7CCC(=O)NC7=O)C8=O)CC6)C5)CC4)(CC2)CC3)[C@H](c2cccc(Cl)c2F)[C@]12CNc1cc(C(F)(F)F)ncc12. The van der Waals surface area contributed by atoms with E-state index in [4.69, 9.17) is 11.6 Å². The number of alkyl halides is 3. The van der Waals surface area contributed by atoms with Gasteiger partial charge in [-0.3, -0.25) is 39.2 Å². The van der Waals surface area contributed by atoms with Crippen molar-refractivity contribution in [3.05, 3.63) is 87.4 Å². The van der Waals surface area contributed by atoms with E-state index >= 15 is 9.18 Å². The Kier molecular flexibility index (Phi) is 12.4. The normalized spacial score (nSPS) is 31.4. The minimum Gasteiger partial charge on any atom is -0.384 e. The highest BCUT2D eigenvalue weighted by Crippen LogP contribution is 2.58. The van der Waals surface area contributed by atoms with Crippen LogP contribution in [0.1, 0.15) is 143 Å². The van der Waals surface area contributed by atoms with Crippen LogP contribution in [0.4, 0.5) is 28.9 Å². The Morgan fingerprint density at radius 2 is 1.61 bits per heavy atom. The number of fused-ring (bicyclic) bond motifs is 6. The number of piperazine rings is 1. The maximum Gasteiger partial charge on any atom is 0.433 e. The second-order valence-corrected chi connectivity index (χ2v) is 25.7. The molecule has 2 spiro atoms. The fourth-order valence-electron chi connectivity index (χ4n) is 15.6. The molecule has 4 N–H and O–H groups in total. The molecule has 4 saturated carbocycles. The molecule has 5 amide bonds. The third kappa shape index (κ3) is 8.65. The molecule has 406 valence electrons. The molecular formula is C57H68ClF4N9O5. The predicted octanol–water partition coefficient (Wildman–Crippen LogP) is 7.68. The molecule has 19 heteroatoms. The van der Waals surface area contributed by atoms with E-state index in [1.807, 2.05) is 12.1 Å². The van der Waals surface area contributed by atoms with Gasteiger partial charge in [-0.05, 0) is 129 Å². The first kappa shape index (κ1) is 51.4. The summed E-state index contributed by atoms with van der Waals surface area (Å²) in [6, 6.07) is 10.2. The summed E-state index contributed by atoms with van der Waals surface area (Å²) in [5.74, 6) is -2.45. The Hall–Kier alpha value is -5.33. The van der Waals surface area contributed by atoms with Gasteiger partial charge >= 0.3 is 6.18 Å². The third-order valence-corrected chi connectivity index (χ3v) is 20.1. The number of imide groups is 1. The minimum atomic E-state index is -4.67. The molecule has 5 atom stereocenters. The first-order valence-corrected chi connectivity index (χ1v) is 27.9. The molecule has 7 heterocycles. The van der Waals surface area contributed by atoms with Gasteiger partial charge in [-0.25, -0.2) is 4.39 Å². The summed E-state index contributed by atoms with van der Waals surface area (Å²) < 4.78 is 58.3. The van der Waals surface area contributed by atoms with Crippen molar-refractivity contribution >= 4 is 52.5 Å². The van der Waals surface area contributed by atoms with Crippen LogP contribution in [0.2, 0.25) is 5.02 Å². The minimum absolute atomic E-state index is 0.105. The molecular weight excluding hydrogens is 1000 g/mol. The highest BCUT2D eigenvalue weighted by Gasteiger charge is 2.63. The number of pyridine rings is 1. The van der Waals surface area contributed by atoms with E-state index in [0.717, 1.165) is 69.2 Å². The highest BCUT2D eigenvalue weighted by molar-refractivity contribution is 6.30. The van der Waals surface area contributed by atoms with Crippen molar-refractivity contribution in [2.24, 2.45) is 16.2 Å². The van der Waals surface area contributed by atoms with Gasteiger partial charge in [0.2, 0.25) is 23.6 Å². The number of benzene rings is 2. The van der Waals surface area contributed by atoms with E-state index in [-0.39, 0.29) is 58.3 Å². The van der Waals surface area contributed by atoms with Gasteiger partial charge in [-0.1, -0.05) is 44.5 Å². The van der Waals surface area contributed by atoms with Crippen LogP contribution >= 0.6 is 11.6 Å². The van der Waals surface area contributed by atoms with Crippen LogP contribution in [-0.2, 0) is 37.3 Å². The number of carbonyl (C=O) groups is 5. The molecule has 10 aliphatic rings. The number of anilines is 2. The fourth-order valence-corrected chi connectivity index (χ4v) is 15.8. The Morgan fingerprint density at radius 3 is 2.28 bits per heavy atom. The van der Waals surface area contributed by atoms with Crippen LogP contribution in [0.5, 0.6) is 0 Å². The number of piperidine rings is 2. The number of halogens is 5. The number of nitrogens with one attached hydrogen (secondary N) is 4. The summed E-state index contributed by atoms with van der Waals surface area (Å²) in [7, 11) is 0. The van der Waals surface area contributed by atoms with Crippen LogP contribution in [-0.4, -0.2) is 125 Å². The predicted molar refractivity (Wildman–Crippen MR) is 277 cm³/mol. The molecule has 76 heavy (non-hydrogen) atoms. The zero-order valence-corrected chi connectivity index (χ0v) is 44.3. The van der Waals surface area contributed by atoms with Crippen LogP contribution in [0.25, 0.3) is 0 Å². The summed E-state index contributed by atoms with van der Waals surface area (Å²) in [4.78, 5) is 79.7.